The molecule has 0 spiro atoms. The molecule has 0 aromatic rings. The van der Waals surface area contributed by atoms with Gasteiger partial charge in [0.2, 0.25) is 0 Å². The minimum absolute atomic E-state index is 0.0833. The maximum Gasteiger partial charge on any atom is 0.305 e. The summed E-state index contributed by atoms with van der Waals surface area (Å²) in [6.45, 7) is 0. The van der Waals surface area contributed by atoms with E-state index in [1.165, 1.54) is 13.5 Å². The van der Waals surface area contributed by atoms with Gasteiger partial charge < -0.3 is 9.84 Å². The Labute approximate surface area is 102 Å². The molecule has 0 aromatic carbocycles. The predicted octanol–water partition coefficient (Wildman–Crippen LogP) is 2.37. The Bertz CT molecular complexity index is 208. The average Bonchev–Trinajstić information content (AvgIpc) is 2.69. The normalized spacial score (nSPS) is 24.6. The van der Waals surface area contributed by atoms with E-state index in [4.69, 9.17) is 0 Å². The zero-order valence-electron chi connectivity index (χ0n) is 9.98. The van der Waals surface area contributed by atoms with Gasteiger partial charge in [0, 0.05) is 11.7 Å². The highest BCUT2D eigenvalue weighted by Crippen LogP contribution is 2.30. The van der Waals surface area contributed by atoms with E-state index in [9.17, 15) is 9.90 Å². The van der Waals surface area contributed by atoms with Crippen LogP contribution in [0.25, 0.3) is 0 Å². The molecule has 0 aliphatic heterocycles. The van der Waals surface area contributed by atoms with Gasteiger partial charge in [-0.1, -0.05) is 6.42 Å². The number of unbranched alkanes of at least 4 members (excludes halogenated alkanes) is 2. The first kappa shape index (κ1) is 13.8. The van der Waals surface area contributed by atoms with E-state index >= 15 is 0 Å². The molecule has 1 aliphatic rings. The number of carbonyl (C=O) groups excluding carboxylic acids is 1. The lowest BCUT2D eigenvalue weighted by Gasteiger charge is -2.13. The molecule has 1 N–H and O–H groups in total. The summed E-state index contributed by atoms with van der Waals surface area (Å²) in [4.78, 5) is 10.8. The molecule has 0 amide bonds. The number of carbonyl (C=O) groups is 1. The quantitative estimate of drug-likeness (QED) is 0.553. The minimum Gasteiger partial charge on any atom is -0.469 e. The van der Waals surface area contributed by atoms with Crippen LogP contribution in [0, 0.1) is 0 Å². The fourth-order valence-electron chi connectivity index (χ4n) is 1.99. The lowest BCUT2D eigenvalue weighted by Crippen LogP contribution is -2.15. The smallest absolute Gasteiger partial charge is 0.305 e. The topological polar surface area (TPSA) is 46.5 Å². The minimum atomic E-state index is -0.112. The highest BCUT2D eigenvalue weighted by molar-refractivity contribution is 7.99. The van der Waals surface area contributed by atoms with Crippen LogP contribution in [0.15, 0.2) is 0 Å². The molecule has 1 saturated carbocycles. The second-order valence-corrected chi connectivity index (χ2v) is 5.64. The molecule has 1 fully saturated rings. The van der Waals surface area contributed by atoms with E-state index in [0.717, 1.165) is 37.9 Å². The zero-order chi connectivity index (χ0) is 11.8. The molecule has 16 heavy (non-hydrogen) atoms. The second-order valence-electron chi connectivity index (χ2n) is 4.29. The van der Waals surface area contributed by atoms with Crippen LogP contribution >= 0.6 is 11.8 Å². The first-order valence-corrected chi connectivity index (χ1v) is 7.15. The number of aliphatic hydroxyl groups excluding tert-OH is 1. The lowest BCUT2D eigenvalue weighted by molar-refractivity contribution is -0.140. The van der Waals surface area contributed by atoms with Crippen LogP contribution in [-0.4, -0.2) is 35.3 Å². The molecule has 0 heterocycles. The van der Waals surface area contributed by atoms with E-state index in [2.05, 4.69) is 4.74 Å². The van der Waals surface area contributed by atoms with Gasteiger partial charge in [0.05, 0.1) is 13.2 Å². The van der Waals surface area contributed by atoms with Crippen molar-refractivity contribution in [2.24, 2.45) is 0 Å². The Kier molecular flexibility index (Phi) is 6.88. The van der Waals surface area contributed by atoms with Gasteiger partial charge >= 0.3 is 5.97 Å². The third kappa shape index (κ3) is 5.21. The zero-order valence-corrected chi connectivity index (χ0v) is 10.8. The summed E-state index contributed by atoms with van der Waals surface area (Å²) in [6.07, 6.45) is 6.87. The first-order valence-electron chi connectivity index (χ1n) is 6.10. The number of thioether (sulfide) groups is 1. The van der Waals surface area contributed by atoms with Crippen molar-refractivity contribution in [2.75, 3.05) is 12.9 Å². The van der Waals surface area contributed by atoms with Gasteiger partial charge in [-0.15, -0.1) is 0 Å². The summed E-state index contributed by atoms with van der Waals surface area (Å²) in [7, 11) is 1.43. The highest BCUT2D eigenvalue weighted by atomic mass is 32.2. The number of hydrogen-bond acceptors (Lipinski definition) is 4. The van der Waals surface area contributed by atoms with Gasteiger partial charge in [-0.05, 0) is 37.9 Å². The van der Waals surface area contributed by atoms with Crippen molar-refractivity contribution < 1.29 is 14.6 Å². The molecule has 0 aromatic heterocycles. The Balaban J connectivity index is 1.90. The van der Waals surface area contributed by atoms with Crippen LogP contribution < -0.4 is 0 Å². The van der Waals surface area contributed by atoms with Gasteiger partial charge in [-0.3, -0.25) is 4.79 Å². The summed E-state index contributed by atoms with van der Waals surface area (Å²) in [6, 6.07) is 0. The molecule has 0 radical (unpaired) electrons. The van der Waals surface area contributed by atoms with Gasteiger partial charge in [-0.2, -0.15) is 11.8 Å². The fraction of sp³-hybridized carbons (Fsp3) is 0.917. The van der Waals surface area contributed by atoms with Crippen LogP contribution in [-0.2, 0) is 9.53 Å². The van der Waals surface area contributed by atoms with E-state index in [-0.39, 0.29) is 12.1 Å². The third-order valence-electron chi connectivity index (χ3n) is 3.00. The summed E-state index contributed by atoms with van der Waals surface area (Å²) >= 11 is 1.89. The maximum absolute atomic E-state index is 10.8. The first-order chi connectivity index (χ1) is 7.74. The van der Waals surface area contributed by atoms with Gasteiger partial charge in [0.15, 0.2) is 0 Å². The van der Waals surface area contributed by atoms with Gasteiger partial charge in [0.1, 0.15) is 0 Å². The van der Waals surface area contributed by atoms with Crippen molar-refractivity contribution in [2.45, 2.75) is 56.3 Å². The van der Waals surface area contributed by atoms with E-state index < -0.39 is 0 Å². The summed E-state index contributed by atoms with van der Waals surface area (Å²) < 4.78 is 4.57. The molecule has 1 aliphatic carbocycles. The molecule has 2 atom stereocenters. The fourth-order valence-corrected chi connectivity index (χ4v) is 3.35. The van der Waals surface area contributed by atoms with Crippen LogP contribution in [0.3, 0.4) is 0 Å². The molecular formula is C12H22O3S. The summed E-state index contributed by atoms with van der Waals surface area (Å²) in [5, 5.41) is 10.1. The van der Waals surface area contributed by atoms with E-state index in [1.54, 1.807) is 0 Å². The third-order valence-corrected chi connectivity index (χ3v) is 4.50. The van der Waals surface area contributed by atoms with Crippen molar-refractivity contribution in [3.05, 3.63) is 0 Å². The maximum atomic E-state index is 10.8. The molecule has 4 heteroatoms. The second kappa shape index (κ2) is 7.96. The number of methoxy groups -OCH3 is 1. The Hall–Kier alpha value is -0.220. The molecule has 94 valence electrons. The highest BCUT2D eigenvalue weighted by Gasteiger charge is 2.24. The van der Waals surface area contributed by atoms with Gasteiger partial charge in [0.25, 0.3) is 0 Å². The van der Waals surface area contributed by atoms with Crippen molar-refractivity contribution in [3.8, 4) is 0 Å². The summed E-state index contributed by atoms with van der Waals surface area (Å²) in [5.74, 6) is 0.988. The van der Waals surface area contributed by atoms with Gasteiger partial charge in [-0.25, -0.2) is 0 Å². The van der Waals surface area contributed by atoms with Crippen molar-refractivity contribution in [1.82, 2.24) is 0 Å². The number of esters is 1. The average molecular weight is 246 g/mol. The molecule has 0 saturated heterocycles. The SMILES string of the molecule is COC(=O)CCCCCSC1CCCC1O. The van der Waals surface area contributed by atoms with E-state index in [0.29, 0.717) is 11.7 Å². The molecule has 2 unspecified atom stereocenters. The number of aliphatic hydroxyl groups is 1. The standard InChI is InChI=1S/C12H22O3S/c1-15-12(14)8-3-2-4-9-16-11-7-5-6-10(11)13/h10-11,13H,2-9H2,1H3. The Morgan fingerprint density at radius 3 is 2.81 bits per heavy atom. The predicted molar refractivity (Wildman–Crippen MR) is 66.6 cm³/mol. The lowest BCUT2D eigenvalue weighted by atomic mass is 10.2. The number of rotatable bonds is 7. The molecule has 0 bridgehead atoms. The summed E-state index contributed by atoms with van der Waals surface area (Å²) in [5.41, 5.74) is 0. The monoisotopic (exact) mass is 246 g/mol. The van der Waals surface area contributed by atoms with Crippen LogP contribution in [0.4, 0.5) is 0 Å². The Morgan fingerprint density at radius 1 is 1.38 bits per heavy atom. The number of hydrogen-bond donors (Lipinski definition) is 1. The van der Waals surface area contributed by atoms with Crippen LogP contribution in [0.2, 0.25) is 0 Å². The Morgan fingerprint density at radius 2 is 2.19 bits per heavy atom. The molecule has 1 rings (SSSR count). The van der Waals surface area contributed by atoms with Crippen molar-refractivity contribution >= 4 is 17.7 Å². The number of ether oxygens (including phenoxy) is 1. The molecular weight excluding hydrogens is 224 g/mol. The molecule has 3 nitrogen and oxygen atoms in total. The van der Waals surface area contributed by atoms with Crippen LogP contribution in [0.5, 0.6) is 0 Å². The van der Waals surface area contributed by atoms with Crippen molar-refractivity contribution in [1.29, 1.82) is 0 Å². The largest absolute Gasteiger partial charge is 0.469 e. The van der Waals surface area contributed by atoms with Crippen LogP contribution in [0.1, 0.15) is 44.9 Å². The van der Waals surface area contributed by atoms with E-state index in [1.807, 2.05) is 11.8 Å². The van der Waals surface area contributed by atoms with Crippen molar-refractivity contribution in [3.63, 3.8) is 0 Å².